The summed E-state index contributed by atoms with van der Waals surface area (Å²) in [5.74, 6) is -3.98. The first-order chi connectivity index (χ1) is 18.3. The van der Waals surface area contributed by atoms with Crippen LogP contribution < -0.4 is 16.4 Å². The predicted molar refractivity (Wildman–Crippen MR) is 128 cm³/mol. The van der Waals surface area contributed by atoms with E-state index in [0.717, 1.165) is 13.0 Å². The second-order valence-electron chi connectivity index (χ2n) is 8.31. The average molecular weight is 578 g/mol. The van der Waals surface area contributed by atoms with Crippen molar-refractivity contribution < 1.29 is 50.9 Å². The molecule has 0 aliphatic carbocycles. The molecule has 40 heavy (non-hydrogen) atoms. The van der Waals surface area contributed by atoms with Gasteiger partial charge in [-0.1, -0.05) is 12.1 Å². The zero-order valence-corrected chi connectivity index (χ0v) is 21.1. The summed E-state index contributed by atoms with van der Waals surface area (Å²) in [6.07, 6.45) is -7.37. The minimum absolute atomic E-state index is 0.00682. The zero-order valence-electron chi connectivity index (χ0n) is 21.1. The molecule has 1 unspecified atom stereocenters. The fourth-order valence-electron chi connectivity index (χ4n) is 3.35. The number of aromatic nitrogens is 3. The largest absolute Gasteiger partial charge is 0.490 e. The summed E-state index contributed by atoms with van der Waals surface area (Å²) < 4.78 is 74.7. The highest BCUT2D eigenvalue weighted by atomic mass is 19.4. The second kappa shape index (κ2) is 11.8. The molecule has 218 valence electrons. The van der Waals surface area contributed by atoms with E-state index in [4.69, 9.17) is 15.6 Å². The molecular weight excluding hydrogens is 554 g/mol. The number of benzene rings is 1. The molecule has 0 saturated carbocycles. The first-order valence-electron chi connectivity index (χ1n) is 11.2. The van der Waals surface area contributed by atoms with Gasteiger partial charge < -0.3 is 26.6 Å². The first kappa shape index (κ1) is 31.8. The summed E-state index contributed by atoms with van der Waals surface area (Å²) in [4.78, 5) is 40.6. The lowest BCUT2D eigenvalue weighted by Gasteiger charge is -2.31. The summed E-state index contributed by atoms with van der Waals surface area (Å²) in [6, 6.07) is 3.74. The molecule has 17 heteroatoms. The first-order valence-corrected chi connectivity index (χ1v) is 11.2. The molecule has 0 spiro atoms. The van der Waals surface area contributed by atoms with Crippen LogP contribution in [0.15, 0.2) is 30.6 Å². The summed E-state index contributed by atoms with van der Waals surface area (Å²) in [6.45, 7) is 3.77. The molecule has 2 aromatic heterocycles. The number of alkyl halides is 6. The number of nitrogens with one attached hydrogen (secondary N) is 2. The van der Waals surface area contributed by atoms with E-state index < -0.39 is 47.8 Å². The molecule has 6 N–H and O–H groups in total. The number of imidazole rings is 1. The van der Waals surface area contributed by atoms with E-state index in [1.165, 1.54) is 28.9 Å². The Balaban J connectivity index is 0.000000708. The highest BCUT2D eigenvalue weighted by Gasteiger charge is 2.55. The van der Waals surface area contributed by atoms with Crippen molar-refractivity contribution in [3.63, 3.8) is 0 Å². The average Bonchev–Trinajstić information content (AvgIpc) is 3.26. The number of rotatable bonds is 6. The third-order valence-electron chi connectivity index (χ3n) is 5.38. The molecule has 3 aromatic rings. The van der Waals surface area contributed by atoms with E-state index in [2.05, 4.69) is 15.3 Å². The number of carbonyl (C=O) groups excluding carboxylic acids is 2. The van der Waals surface area contributed by atoms with Crippen molar-refractivity contribution in [2.45, 2.75) is 38.7 Å². The van der Waals surface area contributed by atoms with E-state index in [1.54, 1.807) is 13.8 Å². The lowest BCUT2D eigenvalue weighted by atomic mass is 9.89. The fraction of sp³-hybridized carbons (Fsp3) is 0.348. The Labute approximate surface area is 222 Å². The standard InChI is InChI=1S/C21H23F3N6O3.C2HF3O2/c1-4-26-19(32)15-9-30-16(8-27-18(30)17(25)29-15)14-7-13(6-5-11(14)2)20(33,21(22,23)24)10-28-12(3)31;3-2(4,5)1(6)7/h5-9,33H,4,10H2,1-3H3,(H2,25,29)(H,26,32)(H,28,31);(H,6,7). The van der Waals surface area contributed by atoms with Crippen LogP contribution in [-0.2, 0) is 15.2 Å². The van der Waals surface area contributed by atoms with Crippen molar-refractivity contribution >= 4 is 29.2 Å². The van der Waals surface area contributed by atoms with E-state index >= 15 is 0 Å². The molecule has 0 radical (unpaired) electrons. The minimum atomic E-state index is -5.08. The van der Waals surface area contributed by atoms with Crippen LogP contribution in [-0.4, -0.2) is 67.8 Å². The van der Waals surface area contributed by atoms with Crippen LogP contribution in [0.4, 0.5) is 32.2 Å². The number of carboxylic acid groups (broad SMARTS) is 1. The van der Waals surface area contributed by atoms with Crippen molar-refractivity contribution in [3.05, 3.63) is 47.4 Å². The molecule has 0 fully saturated rings. The maximum Gasteiger partial charge on any atom is 0.490 e. The number of aryl methyl sites for hydroxylation is 1. The topological polar surface area (TPSA) is 172 Å². The summed E-state index contributed by atoms with van der Waals surface area (Å²) in [5.41, 5.74) is 3.61. The lowest BCUT2D eigenvalue weighted by molar-refractivity contribution is -0.264. The summed E-state index contributed by atoms with van der Waals surface area (Å²) in [5, 5.41) is 22.3. The van der Waals surface area contributed by atoms with Gasteiger partial charge in [-0.3, -0.25) is 14.0 Å². The van der Waals surface area contributed by atoms with Gasteiger partial charge in [-0.15, -0.1) is 0 Å². The van der Waals surface area contributed by atoms with Gasteiger partial charge in [-0.05, 0) is 31.0 Å². The van der Waals surface area contributed by atoms with Gasteiger partial charge >= 0.3 is 18.3 Å². The Kier molecular flexibility index (Phi) is 9.36. The number of nitrogens with two attached hydrogens (primary N) is 1. The number of nitrogen functional groups attached to an aromatic ring is 1. The normalized spacial score (nSPS) is 13.2. The number of anilines is 1. The highest BCUT2D eigenvalue weighted by Crippen LogP contribution is 2.40. The summed E-state index contributed by atoms with van der Waals surface area (Å²) in [7, 11) is 0. The van der Waals surface area contributed by atoms with Crippen LogP contribution in [0.2, 0.25) is 0 Å². The van der Waals surface area contributed by atoms with Crippen LogP contribution in [0, 0.1) is 6.92 Å². The van der Waals surface area contributed by atoms with Gasteiger partial charge in [0, 0.05) is 25.2 Å². The number of fused-ring (bicyclic) bond motifs is 1. The van der Waals surface area contributed by atoms with E-state index in [9.17, 15) is 41.0 Å². The smallest absolute Gasteiger partial charge is 0.475 e. The van der Waals surface area contributed by atoms with Crippen molar-refractivity contribution in [2.75, 3.05) is 18.8 Å². The number of carboxylic acids is 1. The van der Waals surface area contributed by atoms with Gasteiger partial charge in [0.2, 0.25) is 11.5 Å². The van der Waals surface area contributed by atoms with E-state index in [0.29, 0.717) is 23.4 Å². The Bertz CT molecular complexity index is 1420. The third-order valence-corrected chi connectivity index (χ3v) is 5.38. The van der Waals surface area contributed by atoms with Crippen LogP contribution >= 0.6 is 0 Å². The Morgan fingerprint density at radius 1 is 1.10 bits per heavy atom. The lowest BCUT2D eigenvalue weighted by Crippen LogP contribution is -2.50. The van der Waals surface area contributed by atoms with Crippen molar-refractivity contribution in [3.8, 4) is 11.3 Å². The van der Waals surface area contributed by atoms with Crippen LogP contribution in [0.5, 0.6) is 0 Å². The van der Waals surface area contributed by atoms with Gasteiger partial charge in [-0.25, -0.2) is 14.8 Å². The van der Waals surface area contributed by atoms with Gasteiger partial charge in [-0.2, -0.15) is 26.3 Å². The molecule has 1 atom stereocenters. The van der Waals surface area contributed by atoms with E-state index in [-0.39, 0.29) is 17.2 Å². The van der Waals surface area contributed by atoms with Gasteiger partial charge in [0.1, 0.15) is 5.69 Å². The Morgan fingerprint density at radius 2 is 1.70 bits per heavy atom. The molecule has 0 saturated heterocycles. The Hall–Kier alpha value is -4.41. The molecule has 2 amide bonds. The molecular formula is C23H24F6N6O5. The van der Waals surface area contributed by atoms with Crippen molar-refractivity contribution in [1.82, 2.24) is 25.0 Å². The van der Waals surface area contributed by atoms with E-state index in [1.807, 2.05) is 5.32 Å². The molecule has 0 aliphatic heterocycles. The zero-order chi connectivity index (χ0) is 30.6. The molecule has 0 bridgehead atoms. The third kappa shape index (κ3) is 6.96. The number of halogens is 6. The molecule has 3 rings (SSSR count). The number of hydrogen-bond donors (Lipinski definition) is 5. The second-order valence-corrected chi connectivity index (χ2v) is 8.31. The number of aliphatic hydroxyl groups is 1. The fourth-order valence-corrected chi connectivity index (χ4v) is 3.35. The quantitative estimate of drug-likeness (QED) is 0.278. The van der Waals surface area contributed by atoms with Crippen LogP contribution in [0.1, 0.15) is 35.5 Å². The van der Waals surface area contributed by atoms with Crippen LogP contribution in [0.3, 0.4) is 0 Å². The number of carbonyl (C=O) groups is 3. The molecule has 0 aliphatic rings. The molecule has 1 aromatic carbocycles. The van der Waals surface area contributed by atoms with Crippen molar-refractivity contribution in [1.29, 1.82) is 0 Å². The maximum atomic E-state index is 13.8. The molecule has 2 heterocycles. The van der Waals surface area contributed by atoms with Gasteiger partial charge in [0.15, 0.2) is 11.5 Å². The van der Waals surface area contributed by atoms with Crippen LogP contribution in [0.25, 0.3) is 16.9 Å². The van der Waals surface area contributed by atoms with Crippen molar-refractivity contribution in [2.24, 2.45) is 0 Å². The SMILES string of the molecule is CCNC(=O)c1cn2c(-c3cc(C(O)(CNC(C)=O)C(F)(F)F)ccc3C)cnc2c(N)n1.O=C(O)C(F)(F)F. The monoisotopic (exact) mass is 578 g/mol. The predicted octanol–water partition coefficient (Wildman–Crippen LogP) is 2.56. The number of aliphatic carboxylic acids is 1. The van der Waals surface area contributed by atoms with Gasteiger partial charge in [0.25, 0.3) is 5.91 Å². The molecule has 11 nitrogen and oxygen atoms in total. The number of nitrogens with zero attached hydrogens (tertiary/aromatic N) is 3. The van der Waals surface area contributed by atoms with Gasteiger partial charge in [0.05, 0.1) is 18.4 Å². The maximum absolute atomic E-state index is 13.8. The number of amides is 2. The minimum Gasteiger partial charge on any atom is -0.475 e. The summed E-state index contributed by atoms with van der Waals surface area (Å²) >= 11 is 0. The Morgan fingerprint density at radius 3 is 2.20 bits per heavy atom. The highest BCUT2D eigenvalue weighted by molar-refractivity contribution is 5.93. The number of hydrogen-bond acceptors (Lipinski definition) is 7.